The molecule has 27 heavy (non-hydrogen) atoms. The van der Waals surface area contributed by atoms with Crippen LogP contribution in [-0.4, -0.2) is 74.1 Å². The molecule has 0 aliphatic carbocycles. The predicted octanol–water partition coefficient (Wildman–Crippen LogP) is 0.821. The highest BCUT2D eigenvalue weighted by atomic mass is 32.2. The van der Waals surface area contributed by atoms with Crippen molar-refractivity contribution in [2.24, 2.45) is 0 Å². The molecule has 0 amide bonds. The van der Waals surface area contributed by atoms with Crippen LogP contribution in [0.4, 0.5) is 17.6 Å². The summed E-state index contributed by atoms with van der Waals surface area (Å²) in [6.45, 7) is 3.48. The molecule has 4 heterocycles. The van der Waals surface area contributed by atoms with E-state index in [0.29, 0.717) is 12.4 Å². The Morgan fingerprint density at radius 3 is 2.37 bits per heavy atom. The normalized spacial score (nSPS) is 22.0. The molecule has 2 aliphatic rings. The second-order valence-corrected chi connectivity index (χ2v) is 9.27. The Morgan fingerprint density at radius 1 is 1.00 bits per heavy atom. The Kier molecular flexibility index (Phi) is 4.86. The van der Waals surface area contributed by atoms with Crippen LogP contribution < -0.4 is 14.7 Å². The third-order valence-electron chi connectivity index (χ3n) is 5.28. The van der Waals surface area contributed by atoms with E-state index in [1.807, 2.05) is 42.4 Å². The maximum atomic E-state index is 11.8. The number of hydrogen-bond donors (Lipinski definition) is 0. The topological polar surface area (TPSA) is 82.5 Å². The number of anilines is 3. The van der Waals surface area contributed by atoms with Crippen LogP contribution >= 0.6 is 0 Å². The molecule has 2 aliphatic heterocycles. The zero-order valence-electron chi connectivity index (χ0n) is 15.4. The standard InChI is InChI=1S/C18H24N6O2S/c1-22(15-6-13-27(25,26)14-15)18-20-8-5-17(21-18)24-11-9-23(10-12-24)16-4-2-3-7-19-16/h2-5,7-8,15H,6,9-14H2,1H3. The smallest absolute Gasteiger partial charge is 0.227 e. The third kappa shape index (κ3) is 3.97. The monoisotopic (exact) mass is 388 g/mol. The van der Waals surface area contributed by atoms with E-state index in [2.05, 4.69) is 19.8 Å². The molecule has 0 aromatic carbocycles. The highest BCUT2D eigenvalue weighted by molar-refractivity contribution is 7.91. The largest absolute Gasteiger partial charge is 0.353 e. The van der Waals surface area contributed by atoms with Gasteiger partial charge >= 0.3 is 0 Å². The molecule has 144 valence electrons. The lowest BCUT2D eigenvalue weighted by molar-refractivity contribution is 0.600. The minimum Gasteiger partial charge on any atom is -0.353 e. The van der Waals surface area contributed by atoms with Crippen LogP contribution in [0.25, 0.3) is 0 Å². The van der Waals surface area contributed by atoms with Gasteiger partial charge in [0, 0.05) is 51.7 Å². The van der Waals surface area contributed by atoms with Crippen molar-refractivity contribution < 1.29 is 8.42 Å². The maximum Gasteiger partial charge on any atom is 0.227 e. The van der Waals surface area contributed by atoms with Crippen molar-refractivity contribution in [1.29, 1.82) is 0 Å². The third-order valence-corrected chi connectivity index (χ3v) is 7.03. The number of aromatic nitrogens is 3. The van der Waals surface area contributed by atoms with Crippen molar-refractivity contribution >= 4 is 27.4 Å². The molecular formula is C18H24N6O2S. The second-order valence-electron chi connectivity index (χ2n) is 7.04. The molecule has 8 nitrogen and oxygen atoms in total. The Morgan fingerprint density at radius 2 is 1.74 bits per heavy atom. The van der Waals surface area contributed by atoms with Crippen LogP contribution in [0.5, 0.6) is 0 Å². The van der Waals surface area contributed by atoms with Crippen molar-refractivity contribution in [1.82, 2.24) is 15.0 Å². The van der Waals surface area contributed by atoms with Gasteiger partial charge in [-0.05, 0) is 24.6 Å². The molecule has 0 N–H and O–H groups in total. The van der Waals surface area contributed by atoms with Gasteiger partial charge in [-0.1, -0.05) is 6.07 Å². The number of sulfone groups is 1. The van der Waals surface area contributed by atoms with Gasteiger partial charge in [-0.2, -0.15) is 4.98 Å². The molecule has 2 saturated heterocycles. The summed E-state index contributed by atoms with van der Waals surface area (Å²) in [5.41, 5.74) is 0. The lowest BCUT2D eigenvalue weighted by Crippen LogP contribution is -2.47. The van der Waals surface area contributed by atoms with E-state index in [1.165, 1.54) is 0 Å². The molecule has 2 aromatic rings. The van der Waals surface area contributed by atoms with Gasteiger partial charge in [0.05, 0.1) is 11.5 Å². The predicted molar refractivity (Wildman–Crippen MR) is 106 cm³/mol. The van der Waals surface area contributed by atoms with Crippen molar-refractivity contribution in [2.45, 2.75) is 12.5 Å². The molecule has 0 bridgehead atoms. The Bertz CT molecular complexity index is 884. The van der Waals surface area contributed by atoms with Crippen molar-refractivity contribution in [3.8, 4) is 0 Å². The van der Waals surface area contributed by atoms with Gasteiger partial charge in [0.25, 0.3) is 0 Å². The van der Waals surface area contributed by atoms with E-state index >= 15 is 0 Å². The van der Waals surface area contributed by atoms with Gasteiger partial charge in [-0.3, -0.25) is 0 Å². The number of rotatable bonds is 4. The van der Waals surface area contributed by atoms with Crippen LogP contribution in [-0.2, 0) is 9.84 Å². The summed E-state index contributed by atoms with van der Waals surface area (Å²) in [5, 5.41) is 0. The van der Waals surface area contributed by atoms with Crippen LogP contribution in [0.2, 0.25) is 0 Å². The van der Waals surface area contributed by atoms with Gasteiger partial charge in [-0.25, -0.2) is 18.4 Å². The Hall–Kier alpha value is -2.42. The Balaban J connectivity index is 1.43. The highest BCUT2D eigenvalue weighted by Gasteiger charge is 2.32. The number of pyridine rings is 1. The quantitative estimate of drug-likeness (QED) is 0.761. The van der Waals surface area contributed by atoms with Crippen molar-refractivity contribution in [3.63, 3.8) is 0 Å². The van der Waals surface area contributed by atoms with E-state index in [-0.39, 0.29) is 17.5 Å². The summed E-state index contributed by atoms with van der Waals surface area (Å²) in [6, 6.07) is 7.83. The van der Waals surface area contributed by atoms with Crippen LogP contribution in [0.1, 0.15) is 6.42 Å². The summed E-state index contributed by atoms with van der Waals surface area (Å²) in [5.74, 6) is 2.90. The molecular weight excluding hydrogens is 364 g/mol. The number of hydrogen-bond acceptors (Lipinski definition) is 8. The van der Waals surface area contributed by atoms with E-state index in [1.54, 1.807) is 6.20 Å². The number of nitrogens with zero attached hydrogens (tertiary/aromatic N) is 6. The fourth-order valence-corrected chi connectivity index (χ4v) is 5.41. The fourth-order valence-electron chi connectivity index (χ4n) is 3.63. The molecule has 1 atom stereocenters. The summed E-state index contributed by atoms with van der Waals surface area (Å²) in [6.07, 6.45) is 4.20. The van der Waals surface area contributed by atoms with E-state index in [0.717, 1.165) is 37.8 Å². The molecule has 1 unspecified atom stereocenters. The first-order valence-electron chi connectivity index (χ1n) is 9.19. The molecule has 2 aromatic heterocycles. The van der Waals surface area contributed by atoms with E-state index in [9.17, 15) is 8.42 Å². The SMILES string of the molecule is CN(c1nccc(N2CCN(c3ccccn3)CC2)n1)C1CCS(=O)(=O)C1. The summed E-state index contributed by atoms with van der Waals surface area (Å²) in [4.78, 5) is 19.9. The maximum absolute atomic E-state index is 11.8. The van der Waals surface area contributed by atoms with Gasteiger partial charge in [0.1, 0.15) is 11.6 Å². The number of piperazine rings is 1. The zero-order chi connectivity index (χ0) is 18.9. The lowest BCUT2D eigenvalue weighted by atomic mass is 10.2. The molecule has 0 spiro atoms. The summed E-state index contributed by atoms with van der Waals surface area (Å²) < 4.78 is 23.5. The van der Waals surface area contributed by atoms with Gasteiger partial charge in [-0.15, -0.1) is 0 Å². The van der Waals surface area contributed by atoms with Gasteiger partial charge in [0.2, 0.25) is 5.95 Å². The second kappa shape index (κ2) is 7.30. The first-order valence-corrected chi connectivity index (χ1v) is 11.0. The van der Waals surface area contributed by atoms with E-state index in [4.69, 9.17) is 4.98 Å². The molecule has 2 fully saturated rings. The minimum atomic E-state index is -2.93. The van der Waals surface area contributed by atoms with Crippen LogP contribution in [0.3, 0.4) is 0 Å². The van der Waals surface area contributed by atoms with Gasteiger partial charge in [0.15, 0.2) is 9.84 Å². The molecule has 0 saturated carbocycles. The first kappa shape index (κ1) is 18.0. The average molecular weight is 388 g/mol. The summed E-state index contributed by atoms with van der Waals surface area (Å²) in [7, 11) is -1.05. The zero-order valence-corrected chi connectivity index (χ0v) is 16.2. The summed E-state index contributed by atoms with van der Waals surface area (Å²) >= 11 is 0. The highest BCUT2D eigenvalue weighted by Crippen LogP contribution is 2.23. The molecule has 9 heteroatoms. The Labute approximate surface area is 159 Å². The minimum absolute atomic E-state index is 0.0498. The van der Waals surface area contributed by atoms with Crippen molar-refractivity contribution in [2.75, 3.05) is 59.4 Å². The molecule has 0 radical (unpaired) electrons. The lowest BCUT2D eigenvalue weighted by Gasteiger charge is -2.36. The molecule has 4 rings (SSSR count). The van der Waals surface area contributed by atoms with E-state index < -0.39 is 9.84 Å². The van der Waals surface area contributed by atoms with Crippen LogP contribution in [0.15, 0.2) is 36.7 Å². The first-order chi connectivity index (χ1) is 13.0. The fraction of sp³-hybridized carbons (Fsp3) is 0.500. The average Bonchev–Trinajstić information content (AvgIpc) is 3.08. The van der Waals surface area contributed by atoms with Gasteiger partial charge < -0.3 is 14.7 Å². The van der Waals surface area contributed by atoms with Crippen molar-refractivity contribution in [3.05, 3.63) is 36.7 Å². The van der Waals surface area contributed by atoms with Crippen LogP contribution in [0, 0.1) is 0 Å².